The van der Waals surface area contributed by atoms with Crippen molar-refractivity contribution >= 4 is 11.8 Å². The van der Waals surface area contributed by atoms with Gasteiger partial charge in [-0.2, -0.15) is 4.98 Å². The van der Waals surface area contributed by atoms with E-state index in [2.05, 4.69) is 9.97 Å². The van der Waals surface area contributed by atoms with Crippen molar-refractivity contribution in [3.63, 3.8) is 0 Å². The molecule has 212 valence electrons. The molecule has 4 aromatic rings. The van der Waals surface area contributed by atoms with Crippen LogP contribution in [0.25, 0.3) is 0 Å². The van der Waals surface area contributed by atoms with Crippen molar-refractivity contribution < 1.29 is 38.4 Å². The lowest BCUT2D eigenvalue weighted by Gasteiger charge is -2.38. The predicted molar refractivity (Wildman–Crippen MR) is 149 cm³/mol. The molecule has 1 N–H and O–H groups in total. The number of ketones is 1. The number of nitrogens with zero attached hydrogens (tertiary/aromatic N) is 2. The molecule has 1 atom stereocenters. The lowest BCUT2D eigenvalue weighted by molar-refractivity contribution is -0.162. The first-order valence-corrected chi connectivity index (χ1v) is 12.6. The number of Topliss-reactive ketones (excluding diaryl/α,β-unsaturated/α-hetero) is 1. The molecule has 10 nitrogen and oxygen atoms in total. The van der Waals surface area contributed by atoms with Crippen molar-refractivity contribution in [3.8, 4) is 23.4 Å². The van der Waals surface area contributed by atoms with Crippen LogP contribution in [0.15, 0.2) is 84.9 Å². The Morgan fingerprint density at radius 1 is 0.805 bits per heavy atom. The number of carboxylic acids is 1. The minimum atomic E-state index is -1.80. The molecule has 0 radical (unpaired) electrons. The number of carboxylic acid groups (broad SMARTS) is 1. The fourth-order valence-electron chi connectivity index (χ4n) is 4.44. The second-order valence-electron chi connectivity index (χ2n) is 8.92. The molecule has 41 heavy (non-hydrogen) atoms. The fourth-order valence-corrected chi connectivity index (χ4v) is 4.44. The van der Waals surface area contributed by atoms with Crippen molar-refractivity contribution in [3.05, 3.63) is 107 Å². The van der Waals surface area contributed by atoms with Gasteiger partial charge in [-0.15, -0.1) is 0 Å². The molecule has 0 amide bonds. The zero-order valence-corrected chi connectivity index (χ0v) is 23.1. The SMILES string of the molecule is COc1cc(C)nc(OC(C(=O)O)C(OCC(=O)c2ccc(OC)c(OC)c2)(c2ccccc2)c2ccccc2)n1. The molecular weight excluding hydrogens is 528 g/mol. The first-order chi connectivity index (χ1) is 19.8. The second kappa shape index (κ2) is 12.9. The van der Waals surface area contributed by atoms with E-state index >= 15 is 0 Å². The van der Waals surface area contributed by atoms with Gasteiger partial charge in [-0.25, -0.2) is 9.78 Å². The minimum Gasteiger partial charge on any atom is -0.493 e. The van der Waals surface area contributed by atoms with Crippen molar-refractivity contribution in [2.24, 2.45) is 0 Å². The Balaban J connectivity index is 1.84. The summed E-state index contributed by atoms with van der Waals surface area (Å²) in [6, 6.07) is 23.5. The van der Waals surface area contributed by atoms with Crippen LogP contribution < -0.4 is 18.9 Å². The summed E-state index contributed by atoms with van der Waals surface area (Å²) < 4.78 is 28.2. The summed E-state index contributed by atoms with van der Waals surface area (Å²) in [4.78, 5) is 34.9. The van der Waals surface area contributed by atoms with Gasteiger partial charge in [0, 0.05) is 17.3 Å². The highest BCUT2D eigenvalue weighted by Gasteiger charge is 2.50. The summed E-state index contributed by atoms with van der Waals surface area (Å²) in [5.74, 6) is -0.750. The number of hydrogen-bond acceptors (Lipinski definition) is 9. The van der Waals surface area contributed by atoms with Crippen LogP contribution in [0.4, 0.5) is 0 Å². The van der Waals surface area contributed by atoms with Gasteiger partial charge in [-0.3, -0.25) is 4.79 Å². The number of methoxy groups -OCH3 is 3. The van der Waals surface area contributed by atoms with E-state index in [0.717, 1.165) is 0 Å². The average Bonchev–Trinajstić information content (AvgIpc) is 3.00. The third-order valence-electron chi connectivity index (χ3n) is 6.38. The van der Waals surface area contributed by atoms with Gasteiger partial charge in [-0.1, -0.05) is 60.7 Å². The summed E-state index contributed by atoms with van der Waals surface area (Å²) in [7, 11) is 4.40. The Morgan fingerprint density at radius 3 is 1.95 bits per heavy atom. The molecule has 4 rings (SSSR count). The molecule has 0 saturated carbocycles. The van der Waals surface area contributed by atoms with Crippen LogP contribution in [0.2, 0.25) is 0 Å². The molecule has 1 heterocycles. The average molecular weight is 559 g/mol. The highest BCUT2D eigenvalue weighted by molar-refractivity contribution is 5.97. The zero-order chi connectivity index (χ0) is 29.4. The van der Waals surface area contributed by atoms with E-state index in [1.165, 1.54) is 27.4 Å². The summed E-state index contributed by atoms with van der Waals surface area (Å²) in [5, 5.41) is 10.6. The number of rotatable bonds is 13. The molecule has 0 saturated heterocycles. The molecular formula is C31H30N2O8. The molecule has 0 aliphatic rings. The fraction of sp³-hybridized carbons (Fsp3) is 0.226. The number of ether oxygens (including phenoxy) is 5. The molecule has 1 unspecified atom stereocenters. The maximum Gasteiger partial charge on any atom is 0.348 e. The summed E-state index contributed by atoms with van der Waals surface area (Å²) in [6.45, 7) is 1.21. The largest absolute Gasteiger partial charge is 0.493 e. The molecule has 0 aliphatic heterocycles. The van der Waals surface area contributed by atoms with Crippen LogP contribution in [0.5, 0.6) is 23.4 Å². The van der Waals surface area contributed by atoms with Crippen LogP contribution in [0.1, 0.15) is 27.2 Å². The second-order valence-corrected chi connectivity index (χ2v) is 8.92. The third-order valence-corrected chi connectivity index (χ3v) is 6.38. The maximum atomic E-state index is 13.4. The number of carbonyl (C=O) groups excluding carboxylic acids is 1. The van der Waals surface area contributed by atoms with Gasteiger partial charge in [0.25, 0.3) is 0 Å². The molecule has 1 aromatic heterocycles. The quantitative estimate of drug-likeness (QED) is 0.235. The Kier molecular flexibility index (Phi) is 9.15. The maximum absolute atomic E-state index is 13.4. The molecule has 0 aliphatic carbocycles. The van der Waals surface area contributed by atoms with E-state index in [0.29, 0.717) is 28.3 Å². The van der Waals surface area contributed by atoms with Crippen LogP contribution in [-0.2, 0) is 15.1 Å². The lowest BCUT2D eigenvalue weighted by atomic mass is 9.81. The first-order valence-electron chi connectivity index (χ1n) is 12.6. The topological polar surface area (TPSA) is 126 Å². The number of hydrogen-bond donors (Lipinski definition) is 1. The van der Waals surface area contributed by atoms with Crippen molar-refractivity contribution in [1.82, 2.24) is 9.97 Å². The van der Waals surface area contributed by atoms with Gasteiger partial charge in [0.1, 0.15) is 6.61 Å². The summed E-state index contributed by atoms with van der Waals surface area (Å²) in [5.41, 5.74) is -0.125. The Labute approximate surface area is 237 Å². The Morgan fingerprint density at radius 2 is 1.41 bits per heavy atom. The molecule has 0 spiro atoms. The van der Waals surface area contributed by atoms with Crippen molar-refractivity contribution in [2.75, 3.05) is 27.9 Å². The van der Waals surface area contributed by atoms with Crippen molar-refractivity contribution in [1.29, 1.82) is 0 Å². The van der Waals surface area contributed by atoms with Crippen molar-refractivity contribution in [2.45, 2.75) is 18.6 Å². The van der Waals surface area contributed by atoms with Gasteiger partial charge in [0.2, 0.25) is 12.0 Å². The number of carbonyl (C=O) groups is 2. The van der Waals surface area contributed by atoms with Gasteiger partial charge in [-0.05, 0) is 36.2 Å². The Hall–Kier alpha value is -4.96. The van der Waals surface area contributed by atoms with E-state index in [1.54, 1.807) is 85.8 Å². The monoisotopic (exact) mass is 558 g/mol. The van der Waals surface area contributed by atoms with E-state index in [1.807, 2.05) is 0 Å². The normalized spacial score (nSPS) is 11.8. The molecule has 0 bridgehead atoms. The van der Waals surface area contributed by atoms with E-state index in [9.17, 15) is 14.7 Å². The number of aryl methyl sites for hydroxylation is 1. The number of aromatic nitrogens is 2. The van der Waals surface area contributed by atoms with Gasteiger partial charge >= 0.3 is 12.0 Å². The van der Waals surface area contributed by atoms with E-state index in [-0.39, 0.29) is 17.5 Å². The van der Waals surface area contributed by atoms with Gasteiger partial charge < -0.3 is 28.8 Å². The van der Waals surface area contributed by atoms with E-state index in [4.69, 9.17) is 23.7 Å². The third kappa shape index (κ3) is 6.28. The summed E-state index contributed by atoms with van der Waals surface area (Å²) in [6.07, 6.45) is -1.72. The smallest absolute Gasteiger partial charge is 0.348 e. The van der Waals surface area contributed by atoms with Gasteiger partial charge in [0.15, 0.2) is 22.9 Å². The molecule has 0 fully saturated rings. The summed E-state index contributed by atoms with van der Waals surface area (Å²) >= 11 is 0. The van der Waals surface area contributed by atoms with Crippen LogP contribution in [0.3, 0.4) is 0 Å². The highest BCUT2D eigenvalue weighted by atomic mass is 16.6. The van der Waals surface area contributed by atoms with Crippen LogP contribution >= 0.6 is 0 Å². The van der Waals surface area contributed by atoms with Crippen LogP contribution in [0, 0.1) is 6.92 Å². The highest BCUT2D eigenvalue weighted by Crippen LogP contribution is 2.40. The van der Waals surface area contributed by atoms with E-state index < -0.39 is 30.1 Å². The molecule has 10 heteroatoms. The Bertz CT molecular complexity index is 1460. The zero-order valence-electron chi connectivity index (χ0n) is 23.1. The number of aliphatic carboxylic acids is 1. The van der Waals surface area contributed by atoms with Crippen LogP contribution in [-0.4, -0.2) is 60.9 Å². The minimum absolute atomic E-state index is 0.200. The first kappa shape index (κ1) is 29.0. The predicted octanol–water partition coefficient (Wildman–Crippen LogP) is 4.49. The van der Waals surface area contributed by atoms with Gasteiger partial charge in [0.05, 0.1) is 21.3 Å². The lowest BCUT2D eigenvalue weighted by Crippen LogP contribution is -2.52. The molecule has 3 aromatic carbocycles. The standard InChI is InChI=1S/C31H30N2O8/c1-20-17-27(39-4)33-30(32-20)41-28(29(35)36)31(22-11-7-5-8-12-22,23-13-9-6-10-14-23)40-19-24(34)21-15-16-25(37-2)26(18-21)38-3/h5-18,28H,19H2,1-4H3,(H,35,36). The number of benzene rings is 3.